The van der Waals surface area contributed by atoms with Gasteiger partial charge in [0.1, 0.15) is 5.82 Å². The Morgan fingerprint density at radius 2 is 1.89 bits per heavy atom. The maximum atomic E-state index is 13.2. The van der Waals surface area contributed by atoms with E-state index < -0.39 is 0 Å². The summed E-state index contributed by atoms with van der Waals surface area (Å²) in [7, 11) is 0. The van der Waals surface area contributed by atoms with Crippen LogP contribution in [0.2, 0.25) is 0 Å². The van der Waals surface area contributed by atoms with Gasteiger partial charge in [-0.2, -0.15) is 0 Å². The number of benzene rings is 2. The summed E-state index contributed by atoms with van der Waals surface area (Å²) in [5.41, 5.74) is 4.26. The molecule has 2 aromatic carbocycles. The molecule has 1 N–H and O–H groups in total. The SMILES string of the molecule is CC1Cc2ccccc2N1C(=O)c1ccnc(NCCCc2ccccc2)c1. The molecule has 1 aromatic heterocycles. The van der Waals surface area contributed by atoms with Crippen molar-refractivity contribution in [3.63, 3.8) is 0 Å². The number of nitrogens with one attached hydrogen (secondary N) is 1. The predicted molar refractivity (Wildman–Crippen MR) is 114 cm³/mol. The molecule has 0 saturated carbocycles. The van der Waals surface area contributed by atoms with Gasteiger partial charge in [0, 0.05) is 30.0 Å². The number of carbonyl (C=O) groups excluding carboxylic acids is 1. The third kappa shape index (κ3) is 3.91. The van der Waals surface area contributed by atoms with Crippen LogP contribution in [-0.4, -0.2) is 23.5 Å². The molecule has 3 aromatic rings. The summed E-state index contributed by atoms with van der Waals surface area (Å²) in [6.07, 6.45) is 4.64. The number of hydrogen-bond acceptors (Lipinski definition) is 3. The van der Waals surface area contributed by atoms with Crippen molar-refractivity contribution in [2.24, 2.45) is 0 Å². The maximum absolute atomic E-state index is 13.2. The summed E-state index contributed by atoms with van der Waals surface area (Å²) in [5.74, 6) is 0.784. The Hall–Kier alpha value is -3.14. The van der Waals surface area contributed by atoms with Crippen LogP contribution in [0.25, 0.3) is 0 Å². The molecule has 0 aliphatic carbocycles. The molecule has 28 heavy (non-hydrogen) atoms. The number of nitrogens with zero attached hydrogens (tertiary/aromatic N) is 2. The number of fused-ring (bicyclic) bond motifs is 1. The number of hydrogen-bond donors (Lipinski definition) is 1. The highest BCUT2D eigenvalue weighted by atomic mass is 16.2. The van der Waals surface area contributed by atoms with Gasteiger partial charge < -0.3 is 10.2 Å². The van der Waals surface area contributed by atoms with E-state index in [2.05, 4.69) is 47.6 Å². The Morgan fingerprint density at radius 3 is 2.75 bits per heavy atom. The van der Waals surface area contributed by atoms with Gasteiger partial charge in [-0.15, -0.1) is 0 Å². The molecule has 4 nitrogen and oxygen atoms in total. The second-order valence-corrected chi connectivity index (χ2v) is 7.30. The lowest BCUT2D eigenvalue weighted by atomic mass is 10.1. The molecule has 1 amide bonds. The molecule has 1 unspecified atom stereocenters. The topological polar surface area (TPSA) is 45.2 Å². The zero-order chi connectivity index (χ0) is 19.3. The van der Waals surface area contributed by atoms with Crippen LogP contribution < -0.4 is 10.2 Å². The number of rotatable bonds is 6. The van der Waals surface area contributed by atoms with Crippen LogP contribution in [0, 0.1) is 0 Å². The van der Waals surface area contributed by atoms with Crippen molar-refractivity contribution in [2.75, 3.05) is 16.8 Å². The average Bonchev–Trinajstić information content (AvgIpc) is 3.07. The van der Waals surface area contributed by atoms with Crippen molar-refractivity contribution in [3.8, 4) is 0 Å². The molecular formula is C24H25N3O. The number of amides is 1. The van der Waals surface area contributed by atoms with Crippen molar-refractivity contribution >= 4 is 17.4 Å². The van der Waals surface area contributed by atoms with Gasteiger partial charge in [-0.25, -0.2) is 4.98 Å². The monoisotopic (exact) mass is 371 g/mol. The zero-order valence-electron chi connectivity index (χ0n) is 16.1. The molecule has 142 valence electrons. The van der Waals surface area contributed by atoms with E-state index >= 15 is 0 Å². The molecule has 0 saturated heterocycles. The average molecular weight is 371 g/mol. The summed E-state index contributed by atoms with van der Waals surface area (Å²) < 4.78 is 0. The van der Waals surface area contributed by atoms with Crippen LogP contribution >= 0.6 is 0 Å². The summed E-state index contributed by atoms with van der Waals surface area (Å²) >= 11 is 0. The van der Waals surface area contributed by atoms with Gasteiger partial charge in [-0.05, 0) is 55.5 Å². The van der Waals surface area contributed by atoms with E-state index in [9.17, 15) is 4.79 Å². The van der Waals surface area contributed by atoms with Crippen LogP contribution in [-0.2, 0) is 12.8 Å². The van der Waals surface area contributed by atoms with E-state index in [1.54, 1.807) is 12.3 Å². The molecule has 4 rings (SSSR count). The van der Waals surface area contributed by atoms with Gasteiger partial charge in [0.05, 0.1) is 0 Å². The lowest BCUT2D eigenvalue weighted by Crippen LogP contribution is -2.35. The Morgan fingerprint density at radius 1 is 1.11 bits per heavy atom. The maximum Gasteiger partial charge on any atom is 0.258 e. The second-order valence-electron chi connectivity index (χ2n) is 7.30. The highest BCUT2D eigenvalue weighted by molar-refractivity contribution is 6.08. The lowest BCUT2D eigenvalue weighted by molar-refractivity contribution is 0.0981. The van der Waals surface area contributed by atoms with Gasteiger partial charge in [0.2, 0.25) is 0 Å². The zero-order valence-corrected chi connectivity index (χ0v) is 16.1. The molecule has 1 aliphatic rings. The quantitative estimate of drug-likeness (QED) is 0.638. The molecule has 4 heteroatoms. The highest BCUT2D eigenvalue weighted by Crippen LogP contribution is 2.33. The van der Waals surface area contributed by atoms with E-state index in [-0.39, 0.29) is 11.9 Å². The summed E-state index contributed by atoms with van der Waals surface area (Å²) in [5, 5.41) is 3.35. The van der Waals surface area contributed by atoms with Crippen molar-refractivity contribution in [2.45, 2.75) is 32.2 Å². The van der Waals surface area contributed by atoms with Gasteiger partial charge in [-0.1, -0.05) is 48.5 Å². The summed E-state index contributed by atoms with van der Waals surface area (Å²) in [6.45, 7) is 2.92. The van der Waals surface area contributed by atoms with Crippen molar-refractivity contribution in [3.05, 3.63) is 89.6 Å². The Labute approximate surface area is 166 Å². The number of aryl methyl sites for hydroxylation is 1. The molecule has 0 radical (unpaired) electrons. The first kappa shape index (κ1) is 18.2. The first-order valence-electron chi connectivity index (χ1n) is 9.87. The number of aromatic nitrogens is 1. The first-order valence-corrected chi connectivity index (χ1v) is 9.87. The fraction of sp³-hybridized carbons (Fsp3) is 0.250. The van der Waals surface area contributed by atoms with E-state index in [1.165, 1.54) is 11.1 Å². The summed E-state index contributed by atoms with van der Waals surface area (Å²) in [6, 6.07) is 22.4. The minimum Gasteiger partial charge on any atom is -0.370 e. The van der Waals surface area contributed by atoms with Gasteiger partial charge in [0.15, 0.2) is 0 Å². The van der Waals surface area contributed by atoms with E-state index in [1.807, 2.05) is 35.2 Å². The van der Waals surface area contributed by atoms with Crippen LogP contribution in [0.1, 0.15) is 34.8 Å². The fourth-order valence-electron chi connectivity index (χ4n) is 3.83. The number of anilines is 2. The lowest BCUT2D eigenvalue weighted by Gasteiger charge is -2.23. The Kier molecular flexibility index (Phi) is 5.38. The third-order valence-corrected chi connectivity index (χ3v) is 5.22. The Bertz CT molecular complexity index is 955. The largest absolute Gasteiger partial charge is 0.370 e. The molecule has 1 aliphatic heterocycles. The highest BCUT2D eigenvalue weighted by Gasteiger charge is 2.31. The van der Waals surface area contributed by atoms with Gasteiger partial charge >= 0.3 is 0 Å². The molecule has 0 spiro atoms. The second kappa shape index (κ2) is 8.26. The van der Waals surface area contributed by atoms with Crippen LogP contribution in [0.5, 0.6) is 0 Å². The van der Waals surface area contributed by atoms with E-state index in [0.717, 1.165) is 37.3 Å². The van der Waals surface area contributed by atoms with Gasteiger partial charge in [0.25, 0.3) is 5.91 Å². The van der Waals surface area contributed by atoms with Crippen LogP contribution in [0.4, 0.5) is 11.5 Å². The molecular weight excluding hydrogens is 346 g/mol. The molecule has 0 fully saturated rings. The smallest absolute Gasteiger partial charge is 0.258 e. The first-order chi connectivity index (χ1) is 13.7. The molecule has 1 atom stereocenters. The van der Waals surface area contributed by atoms with E-state index in [0.29, 0.717) is 5.56 Å². The van der Waals surface area contributed by atoms with E-state index in [4.69, 9.17) is 0 Å². The predicted octanol–water partition coefficient (Wildman–Crippen LogP) is 4.72. The number of para-hydroxylation sites is 1. The summed E-state index contributed by atoms with van der Waals surface area (Å²) in [4.78, 5) is 19.4. The minimum absolute atomic E-state index is 0.0344. The molecule has 2 heterocycles. The standard InChI is InChI=1S/C24H25N3O/c1-18-16-20-11-5-6-12-22(20)27(18)24(28)21-13-15-26-23(17-21)25-14-7-10-19-8-3-2-4-9-19/h2-6,8-9,11-13,15,17-18H,7,10,14,16H2,1H3,(H,25,26). The Balaban J connectivity index is 1.40. The van der Waals surface area contributed by atoms with Crippen molar-refractivity contribution in [1.82, 2.24) is 4.98 Å². The molecule has 0 bridgehead atoms. The van der Waals surface area contributed by atoms with Gasteiger partial charge in [-0.3, -0.25) is 4.79 Å². The van der Waals surface area contributed by atoms with Crippen molar-refractivity contribution in [1.29, 1.82) is 0 Å². The van der Waals surface area contributed by atoms with Crippen molar-refractivity contribution < 1.29 is 4.79 Å². The number of pyridine rings is 1. The fourth-order valence-corrected chi connectivity index (χ4v) is 3.83. The van der Waals surface area contributed by atoms with Crippen LogP contribution in [0.15, 0.2) is 72.9 Å². The minimum atomic E-state index is 0.0344. The number of carbonyl (C=O) groups is 1. The van der Waals surface area contributed by atoms with Crippen LogP contribution in [0.3, 0.4) is 0 Å². The third-order valence-electron chi connectivity index (χ3n) is 5.22. The normalized spacial score (nSPS) is 15.3.